The molecule has 1 atom stereocenters. The Morgan fingerprint density at radius 1 is 1.03 bits per heavy atom. The largest absolute Gasteiger partial charge is 0.342 e. The van der Waals surface area contributed by atoms with E-state index in [1.165, 1.54) is 16.4 Å². The predicted octanol–water partition coefficient (Wildman–Crippen LogP) is 3.99. The molecule has 0 spiro atoms. The SMILES string of the molecule is CC(C)c1ccc(S(=O)(=O)N2CCC(C(=O)N[C@@H](c3ccc(F)cc3)c3nccn3C)CC2)cc1. The fraction of sp³-hybridized carbons (Fsp3) is 0.385. The molecule has 7 nitrogen and oxygen atoms in total. The normalized spacial score (nSPS) is 16.4. The van der Waals surface area contributed by atoms with Crippen molar-refractivity contribution in [3.05, 3.63) is 83.7 Å². The Labute approximate surface area is 206 Å². The molecule has 3 aromatic rings. The van der Waals surface area contributed by atoms with E-state index in [-0.39, 0.29) is 35.6 Å². The van der Waals surface area contributed by atoms with Crippen molar-refractivity contribution in [3.63, 3.8) is 0 Å². The molecule has 0 radical (unpaired) electrons. The fourth-order valence-corrected chi connectivity index (χ4v) is 5.87. The maximum atomic E-state index is 13.5. The van der Waals surface area contributed by atoms with Crippen LogP contribution in [0.25, 0.3) is 0 Å². The second-order valence-electron chi connectivity index (χ2n) is 9.29. The number of piperidine rings is 1. The Morgan fingerprint density at radius 3 is 2.17 bits per heavy atom. The van der Waals surface area contributed by atoms with Gasteiger partial charge < -0.3 is 9.88 Å². The molecular weight excluding hydrogens is 467 g/mol. The molecule has 0 aliphatic carbocycles. The van der Waals surface area contributed by atoms with Gasteiger partial charge in [0.25, 0.3) is 0 Å². The van der Waals surface area contributed by atoms with Gasteiger partial charge in [0.05, 0.1) is 4.90 Å². The summed E-state index contributed by atoms with van der Waals surface area (Å²) in [6.45, 7) is 4.67. The van der Waals surface area contributed by atoms with E-state index in [0.29, 0.717) is 24.6 Å². The van der Waals surface area contributed by atoms with Crippen molar-refractivity contribution in [2.75, 3.05) is 13.1 Å². The summed E-state index contributed by atoms with van der Waals surface area (Å²) in [6, 6.07) is 12.5. The van der Waals surface area contributed by atoms with Crippen LogP contribution in [0.3, 0.4) is 0 Å². The van der Waals surface area contributed by atoms with E-state index in [1.54, 1.807) is 36.7 Å². The van der Waals surface area contributed by atoms with Crippen molar-refractivity contribution < 1.29 is 17.6 Å². The van der Waals surface area contributed by atoms with Crippen LogP contribution in [-0.2, 0) is 21.9 Å². The maximum Gasteiger partial charge on any atom is 0.243 e. The van der Waals surface area contributed by atoms with Crippen molar-refractivity contribution in [2.24, 2.45) is 13.0 Å². The molecule has 0 saturated carbocycles. The van der Waals surface area contributed by atoms with E-state index in [2.05, 4.69) is 24.1 Å². The van der Waals surface area contributed by atoms with Crippen molar-refractivity contribution in [2.45, 2.75) is 43.5 Å². The zero-order valence-corrected chi connectivity index (χ0v) is 21.0. The van der Waals surface area contributed by atoms with E-state index < -0.39 is 16.1 Å². The summed E-state index contributed by atoms with van der Waals surface area (Å²) in [6.07, 6.45) is 4.28. The van der Waals surface area contributed by atoms with Crippen LogP contribution in [0.15, 0.2) is 65.8 Å². The van der Waals surface area contributed by atoms with Crippen LogP contribution >= 0.6 is 0 Å². The number of hydrogen-bond acceptors (Lipinski definition) is 4. The third-order valence-electron chi connectivity index (χ3n) is 6.62. The number of carbonyl (C=O) groups excluding carboxylic acids is 1. The molecule has 1 saturated heterocycles. The van der Waals surface area contributed by atoms with Gasteiger partial charge >= 0.3 is 0 Å². The number of aryl methyl sites for hydroxylation is 1. The topological polar surface area (TPSA) is 84.3 Å². The minimum atomic E-state index is -3.61. The van der Waals surface area contributed by atoms with E-state index in [0.717, 1.165) is 11.1 Å². The molecule has 1 N–H and O–H groups in total. The van der Waals surface area contributed by atoms with Crippen LogP contribution in [0.2, 0.25) is 0 Å². The Hall–Kier alpha value is -3.04. The number of hydrogen-bond donors (Lipinski definition) is 1. The van der Waals surface area contributed by atoms with Crippen molar-refractivity contribution >= 4 is 15.9 Å². The Morgan fingerprint density at radius 2 is 1.63 bits per heavy atom. The highest BCUT2D eigenvalue weighted by Crippen LogP contribution is 2.27. The molecule has 4 rings (SSSR count). The first-order chi connectivity index (χ1) is 16.7. The van der Waals surface area contributed by atoms with Gasteiger partial charge in [-0.05, 0) is 54.2 Å². The summed E-state index contributed by atoms with van der Waals surface area (Å²) in [5, 5.41) is 3.06. The number of nitrogens with zero attached hydrogens (tertiary/aromatic N) is 3. The van der Waals surface area contributed by atoms with Gasteiger partial charge in [-0.1, -0.05) is 38.1 Å². The first-order valence-electron chi connectivity index (χ1n) is 11.8. The molecule has 1 amide bonds. The maximum absolute atomic E-state index is 13.5. The quantitative estimate of drug-likeness (QED) is 0.534. The van der Waals surface area contributed by atoms with Crippen LogP contribution < -0.4 is 5.32 Å². The molecule has 35 heavy (non-hydrogen) atoms. The van der Waals surface area contributed by atoms with Crippen molar-refractivity contribution in [1.29, 1.82) is 0 Å². The van der Waals surface area contributed by atoms with Gasteiger partial charge in [0.2, 0.25) is 15.9 Å². The predicted molar refractivity (Wildman–Crippen MR) is 132 cm³/mol. The molecule has 1 aliphatic heterocycles. The molecule has 1 fully saturated rings. The third kappa shape index (κ3) is 5.46. The second kappa shape index (κ2) is 10.3. The van der Waals surface area contributed by atoms with Gasteiger partial charge in [0.1, 0.15) is 17.7 Å². The van der Waals surface area contributed by atoms with E-state index in [9.17, 15) is 17.6 Å². The van der Waals surface area contributed by atoms with Gasteiger partial charge in [-0.15, -0.1) is 0 Å². The third-order valence-corrected chi connectivity index (χ3v) is 8.53. The lowest BCUT2D eigenvalue weighted by Gasteiger charge is -2.31. The number of nitrogens with one attached hydrogen (secondary N) is 1. The lowest BCUT2D eigenvalue weighted by Crippen LogP contribution is -2.44. The lowest BCUT2D eigenvalue weighted by atomic mass is 9.96. The molecule has 2 heterocycles. The number of carbonyl (C=O) groups is 1. The summed E-state index contributed by atoms with van der Waals surface area (Å²) in [5.74, 6) is 0.111. The fourth-order valence-electron chi connectivity index (χ4n) is 4.40. The Bertz CT molecular complexity index is 1260. The zero-order chi connectivity index (χ0) is 25.2. The summed E-state index contributed by atoms with van der Waals surface area (Å²) in [4.78, 5) is 17.8. The first-order valence-corrected chi connectivity index (χ1v) is 13.2. The number of imidazole rings is 1. The minimum absolute atomic E-state index is 0.166. The average molecular weight is 499 g/mol. The highest BCUT2D eigenvalue weighted by Gasteiger charge is 2.33. The van der Waals surface area contributed by atoms with Crippen molar-refractivity contribution in [3.8, 4) is 0 Å². The van der Waals surface area contributed by atoms with Crippen LogP contribution in [0.1, 0.15) is 55.6 Å². The van der Waals surface area contributed by atoms with Gasteiger partial charge in [0.15, 0.2) is 0 Å². The number of sulfonamides is 1. The molecule has 0 unspecified atom stereocenters. The summed E-state index contributed by atoms with van der Waals surface area (Å²) < 4.78 is 43.0. The number of halogens is 1. The molecule has 1 aromatic heterocycles. The summed E-state index contributed by atoms with van der Waals surface area (Å²) in [5.41, 5.74) is 1.81. The number of amides is 1. The molecule has 9 heteroatoms. The van der Waals surface area contributed by atoms with E-state index in [1.807, 2.05) is 23.7 Å². The van der Waals surface area contributed by atoms with Crippen LogP contribution in [0.5, 0.6) is 0 Å². The Balaban J connectivity index is 1.44. The number of aromatic nitrogens is 2. The lowest BCUT2D eigenvalue weighted by molar-refractivity contribution is -0.126. The molecule has 0 bridgehead atoms. The standard InChI is InChI=1S/C26H31FN4O3S/c1-18(2)19-6-10-23(11-7-19)35(33,34)31-15-12-21(13-16-31)26(32)29-24(25-28-14-17-30(25)3)20-4-8-22(27)9-5-20/h4-11,14,17-18,21,24H,12-13,15-16H2,1-3H3,(H,29,32)/t24-/m0/s1. The second-order valence-corrected chi connectivity index (χ2v) is 11.2. The van der Waals surface area contributed by atoms with Crippen molar-refractivity contribution in [1.82, 2.24) is 19.2 Å². The number of benzene rings is 2. The van der Waals surface area contributed by atoms with Crippen LogP contribution in [-0.4, -0.2) is 41.3 Å². The van der Waals surface area contributed by atoms with Crippen LogP contribution in [0, 0.1) is 11.7 Å². The highest BCUT2D eigenvalue weighted by molar-refractivity contribution is 7.89. The highest BCUT2D eigenvalue weighted by atomic mass is 32.2. The molecule has 186 valence electrons. The van der Waals surface area contributed by atoms with Gasteiger partial charge in [-0.3, -0.25) is 4.79 Å². The first kappa shape index (κ1) is 25.1. The minimum Gasteiger partial charge on any atom is -0.342 e. The average Bonchev–Trinajstić information content (AvgIpc) is 3.28. The van der Waals surface area contributed by atoms with E-state index in [4.69, 9.17) is 0 Å². The van der Waals surface area contributed by atoms with Gasteiger partial charge in [-0.25, -0.2) is 17.8 Å². The molecule has 1 aliphatic rings. The van der Waals surface area contributed by atoms with Gasteiger partial charge in [-0.2, -0.15) is 4.31 Å². The monoisotopic (exact) mass is 498 g/mol. The summed E-state index contributed by atoms with van der Waals surface area (Å²) in [7, 11) is -1.78. The molecule has 2 aromatic carbocycles. The van der Waals surface area contributed by atoms with Crippen LogP contribution in [0.4, 0.5) is 4.39 Å². The Kier molecular flexibility index (Phi) is 7.37. The van der Waals surface area contributed by atoms with E-state index >= 15 is 0 Å². The number of rotatable bonds is 7. The summed E-state index contributed by atoms with van der Waals surface area (Å²) >= 11 is 0. The molecular formula is C26H31FN4O3S. The zero-order valence-electron chi connectivity index (χ0n) is 20.2. The van der Waals surface area contributed by atoms with Gasteiger partial charge in [0, 0.05) is 38.4 Å². The smallest absolute Gasteiger partial charge is 0.243 e.